The number of para-hydroxylation sites is 1. The number of rotatable bonds is 8. The predicted molar refractivity (Wildman–Crippen MR) is 124 cm³/mol. The van der Waals surface area contributed by atoms with E-state index in [0.29, 0.717) is 18.6 Å². The lowest BCUT2D eigenvalue weighted by molar-refractivity contribution is -0.132. The summed E-state index contributed by atoms with van der Waals surface area (Å²) in [4.78, 5) is 27.9. The van der Waals surface area contributed by atoms with Crippen LogP contribution >= 0.6 is 0 Å². The molecule has 0 radical (unpaired) electrons. The fourth-order valence-corrected chi connectivity index (χ4v) is 3.89. The van der Waals surface area contributed by atoms with E-state index in [1.165, 1.54) is 0 Å². The van der Waals surface area contributed by atoms with Gasteiger partial charge in [0.1, 0.15) is 18.4 Å². The van der Waals surface area contributed by atoms with Gasteiger partial charge in [0.25, 0.3) is 5.91 Å². The minimum atomic E-state index is -0.580. The smallest absolute Gasteiger partial charge is 0.251 e. The van der Waals surface area contributed by atoms with Gasteiger partial charge in [0.05, 0.1) is 0 Å². The lowest BCUT2D eigenvalue weighted by Crippen LogP contribution is -2.49. The summed E-state index contributed by atoms with van der Waals surface area (Å²) in [6, 6.07) is 26.2. The van der Waals surface area contributed by atoms with Crippen LogP contribution in [0.2, 0.25) is 0 Å². The number of carbonyl (C=O) groups is 2. The maximum Gasteiger partial charge on any atom is 0.251 e. The zero-order chi connectivity index (χ0) is 22.2. The van der Waals surface area contributed by atoms with Crippen molar-refractivity contribution in [3.8, 4) is 5.75 Å². The lowest BCUT2D eigenvalue weighted by atomic mass is 10.0. The van der Waals surface area contributed by atoms with E-state index in [1.807, 2.05) is 77.7 Å². The van der Waals surface area contributed by atoms with Crippen LogP contribution < -0.4 is 10.1 Å². The monoisotopic (exact) mass is 428 g/mol. The minimum Gasteiger partial charge on any atom is -0.489 e. The molecule has 32 heavy (non-hydrogen) atoms. The Morgan fingerprint density at radius 3 is 2.09 bits per heavy atom. The molecule has 4 rings (SSSR count). The van der Waals surface area contributed by atoms with E-state index < -0.39 is 6.04 Å². The lowest BCUT2D eigenvalue weighted by Gasteiger charge is -2.24. The molecule has 3 aromatic rings. The first kappa shape index (κ1) is 21.6. The molecular weight excluding hydrogens is 400 g/mol. The van der Waals surface area contributed by atoms with Crippen molar-refractivity contribution in [2.24, 2.45) is 0 Å². The van der Waals surface area contributed by atoms with Gasteiger partial charge >= 0.3 is 0 Å². The first-order valence-corrected chi connectivity index (χ1v) is 11.1. The maximum absolute atomic E-state index is 13.1. The van der Waals surface area contributed by atoms with E-state index in [2.05, 4.69) is 5.32 Å². The molecule has 1 atom stereocenters. The second kappa shape index (κ2) is 10.6. The number of ether oxygens (including phenoxy) is 1. The highest BCUT2D eigenvalue weighted by atomic mass is 16.5. The van der Waals surface area contributed by atoms with Crippen LogP contribution in [0.4, 0.5) is 0 Å². The Morgan fingerprint density at radius 2 is 1.44 bits per heavy atom. The number of benzene rings is 3. The van der Waals surface area contributed by atoms with Crippen LogP contribution in [0.3, 0.4) is 0 Å². The zero-order valence-electron chi connectivity index (χ0n) is 18.1. The van der Waals surface area contributed by atoms with Crippen molar-refractivity contribution in [2.45, 2.75) is 31.9 Å². The normalized spacial score (nSPS) is 14.1. The highest BCUT2D eigenvalue weighted by Gasteiger charge is 2.28. The van der Waals surface area contributed by atoms with Crippen molar-refractivity contribution in [1.29, 1.82) is 0 Å². The number of hydrogen-bond acceptors (Lipinski definition) is 3. The molecule has 1 saturated heterocycles. The zero-order valence-corrected chi connectivity index (χ0v) is 18.1. The molecule has 5 nitrogen and oxygen atoms in total. The Kier molecular flexibility index (Phi) is 7.18. The van der Waals surface area contributed by atoms with Crippen molar-refractivity contribution in [1.82, 2.24) is 10.2 Å². The van der Waals surface area contributed by atoms with Crippen molar-refractivity contribution >= 4 is 11.8 Å². The molecule has 1 unspecified atom stereocenters. The predicted octanol–water partition coefficient (Wildman–Crippen LogP) is 4.23. The first-order chi connectivity index (χ1) is 15.7. The number of nitrogens with one attached hydrogen (secondary N) is 1. The van der Waals surface area contributed by atoms with E-state index in [-0.39, 0.29) is 11.8 Å². The Morgan fingerprint density at radius 1 is 0.812 bits per heavy atom. The maximum atomic E-state index is 13.1. The molecular formula is C27H28N2O3. The molecule has 0 spiro atoms. The fourth-order valence-electron chi connectivity index (χ4n) is 3.89. The molecule has 2 amide bonds. The molecule has 1 N–H and O–H groups in total. The Labute approximate surface area is 189 Å². The third-order valence-corrected chi connectivity index (χ3v) is 5.67. The summed E-state index contributed by atoms with van der Waals surface area (Å²) in [7, 11) is 0. The molecule has 0 aromatic heterocycles. The van der Waals surface area contributed by atoms with Gasteiger partial charge in [-0.25, -0.2) is 0 Å². The Bertz CT molecular complexity index is 1010. The number of nitrogens with zero attached hydrogens (tertiary/aromatic N) is 1. The largest absolute Gasteiger partial charge is 0.489 e. The molecule has 5 heteroatoms. The van der Waals surface area contributed by atoms with Gasteiger partial charge in [-0.1, -0.05) is 60.7 Å². The van der Waals surface area contributed by atoms with E-state index in [9.17, 15) is 9.59 Å². The SMILES string of the molecule is O=C(NC(Cc1ccccc1)C(=O)N1CCCC1)c1ccc(COc2ccccc2)cc1. The van der Waals surface area contributed by atoms with Gasteiger partial charge < -0.3 is 15.0 Å². The quantitative estimate of drug-likeness (QED) is 0.584. The van der Waals surface area contributed by atoms with Crippen LogP contribution in [0.1, 0.15) is 34.3 Å². The summed E-state index contributed by atoms with van der Waals surface area (Å²) < 4.78 is 5.76. The number of hydrogen-bond donors (Lipinski definition) is 1. The van der Waals surface area contributed by atoms with Gasteiger partial charge in [0.15, 0.2) is 0 Å². The van der Waals surface area contributed by atoms with Crippen molar-refractivity contribution in [3.05, 3.63) is 102 Å². The molecule has 0 bridgehead atoms. The average molecular weight is 429 g/mol. The molecule has 1 heterocycles. The minimum absolute atomic E-state index is 0.00687. The fraction of sp³-hybridized carbons (Fsp3) is 0.259. The van der Waals surface area contributed by atoms with Gasteiger partial charge in [0.2, 0.25) is 5.91 Å². The first-order valence-electron chi connectivity index (χ1n) is 11.1. The standard InChI is InChI=1S/C27H28N2O3/c30-26(23-15-13-22(14-16-23)20-32-24-11-5-2-6-12-24)28-25(19-21-9-3-1-4-10-21)27(31)29-17-7-8-18-29/h1-6,9-16,25H,7-8,17-20H2,(H,28,30). The van der Waals surface area contributed by atoms with Crippen LogP contribution in [-0.2, 0) is 17.8 Å². The summed E-state index contributed by atoms with van der Waals surface area (Å²) in [5.41, 5.74) is 2.53. The van der Waals surface area contributed by atoms with Gasteiger partial charge in [-0.15, -0.1) is 0 Å². The molecule has 3 aromatic carbocycles. The molecule has 0 saturated carbocycles. The van der Waals surface area contributed by atoms with E-state index in [0.717, 1.165) is 42.8 Å². The molecule has 1 aliphatic rings. The Hall–Kier alpha value is -3.60. The summed E-state index contributed by atoms with van der Waals surface area (Å²) in [6.07, 6.45) is 2.51. The van der Waals surface area contributed by atoms with E-state index >= 15 is 0 Å². The van der Waals surface area contributed by atoms with Crippen molar-refractivity contribution < 1.29 is 14.3 Å². The number of amides is 2. The van der Waals surface area contributed by atoms with Gasteiger partial charge in [-0.3, -0.25) is 9.59 Å². The third kappa shape index (κ3) is 5.76. The van der Waals surface area contributed by atoms with Crippen LogP contribution in [-0.4, -0.2) is 35.8 Å². The number of carbonyl (C=O) groups excluding carboxylic acids is 2. The van der Waals surface area contributed by atoms with Crippen molar-refractivity contribution in [3.63, 3.8) is 0 Å². The summed E-state index contributed by atoms with van der Waals surface area (Å²) >= 11 is 0. The van der Waals surface area contributed by atoms with Gasteiger partial charge in [-0.2, -0.15) is 0 Å². The van der Waals surface area contributed by atoms with Gasteiger partial charge in [0, 0.05) is 25.1 Å². The van der Waals surface area contributed by atoms with E-state index in [1.54, 1.807) is 12.1 Å². The topological polar surface area (TPSA) is 58.6 Å². The van der Waals surface area contributed by atoms with Crippen LogP contribution in [0.25, 0.3) is 0 Å². The second-order valence-electron chi connectivity index (χ2n) is 8.05. The summed E-state index contributed by atoms with van der Waals surface area (Å²) in [5.74, 6) is 0.556. The molecule has 1 fully saturated rings. The second-order valence-corrected chi connectivity index (χ2v) is 8.05. The van der Waals surface area contributed by atoms with E-state index in [4.69, 9.17) is 4.74 Å². The third-order valence-electron chi connectivity index (χ3n) is 5.67. The van der Waals surface area contributed by atoms with Gasteiger partial charge in [-0.05, 0) is 48.2 Å². The number of likely N-dealkylation sites (tertiary alicyclic amines) is 1. The molecule has 1 aliphatic heterocycles. The highest BCUT2D eigenvalue weighted by molar-refractivity contribution is 5.97. The Balaban J connectivity index is 1.40. The summed E-state index contributed by atoms with van der Waals surface area (Å²) in [6.45, 7) is 1.95. The van der Waals surface area contributed by atoms with Crippen LogP contribution in [0.15, 0.2) is 84.9 Å². The molecule has 0 aliphatic carbocycles. The average Bonchev–Trinajstić information content (AvgIpc) is 3.38. The molecule has 164 valence electrons. The summed E-state index contributed by atoms with van der Waals surface area (Å²) in [5, 5.41) is 2.97. The van der Waals surface area contributed by atoms with Crippen LogP contribution in [0, 0.1) is 0 Å². The van der Waals surface area contributed by atoms with Crippen LogP contribution in [0.5, 0.6) is 5.75 Å². The van der Waals surface area contributed by atoms with Crippen molar-refractivity contribution in [2.75, 3.05) is 13.1 Å². The highest BCUT2D eigenvalue weighted by Crippen LogP contribution is 2.15.